The minimum absolute atomic E-state index is 0.0217. The first-order valence-corrected chi connectivity index (χ1v) is 10.1. The van der Waals surface area contributed by atoms with Gasteiger partial charge in [-0.05, 0) is 43.5 Å². The summed E-state index contributed by atoms with van der Waals surface area (Å²) in [5.74, 6) is 7.93. The van der Waals surface area contributed by atoms with Gasteiger partial charge in [0, 0.05) is 36.2 Å². The molecule has 28 heavy (non-hydrogen) atoms. The average molecular weight is 396 g/mol. The molecule has 0 radical (unpaired) electrons. The van der Waals surface area contributed by atoms with E-state index in [1.807, 2.05) is 13.8 Å². The predicted molar refractivity (Wildman–Crippen MR) is 108 cm³/mol. The Hall–Kier alpha value is -3.29. The van der Waals surface area contributed by atoms with E-state index in [1.165, 1.54) is 24.3 Å². The molecule has 0 N–H and O–H groups in total. The van der Waals surface area contributed by atoms with E-state index in [0.29, 0.717) is 12.0 Å². The summed E-state index contributed by atoms with van der Waals surface area (Å²) >= 11 is 0. The van der Waals surface area contributed by atoms with Crippen molar-refractivity contribution < 1.29 is 13.3 Å². The molecule has 0 spiro atoms. The molecule has 0 aliphatic heterocycles. The van der Waals surface area contributed by atoms with Gasteiger partial charge in [0.25, 0.3) is 15.7 Å². The molecule has 144 valence electrons. The van der Waals surface area contributed by atoms with E-state index in [-0.39, 0.29) is 17.1 Å². The number of nitro benzene ring substituents is 1. The van der Waals surface area contributed by atoms with Crippen molar-refractivity contribution in [1.29, 1.82) is 0 Å². The first-order chi connectivity index (χ1) is 13.3. The van der Waals surface area contributed by atoms with Crippen LogP contribution in [0.3, 0.4) is 0 Å². The molecule has 0 saturated carbocycles. The normalized spacial score (nSPS) is 10.2. The standard InChI is InChI=1S/C21H20N2O4S/c1-3-4-16-22(28(26,27)21-14-8-18(2)9-15-21)17-6-5-7-19-10-12-20(13-11-19)23(24)25/h8-15H,3-4,16H2,1-2H3. The van der Waals surface area contributed by atoms with Crippen molar-refractivity contribution in [2.45, 2.75) is 31.6 Å². The summed E-state index contributed by atoms with van der Waals surface area (Å²) in [7, 11) is -3.73. The van der Waals surface area contributed by atoms with Crippen LogP contribution in [0.25, 0.3) is 0 Å². The molecule has 0 fully saturated rings. The minimum atomic E-state index is -3.73. The molecule has 0 aromatic heterocycles. The summed E-state index contributed by atoms with van der Waals surface area (Å²) in [5, 5.41) is 10.6. The van der Waals surface area contributed by atoms with E-state index in [2.05, 4.69) is 23.8 Å². The Morgan fingerprint density at radius 3 is 2.25 bits per heavy atom. The third kappa shape index (κ3) is 5.60. The predicted octanol–water partition coefficient (Wildman–Crippen LogP) is 3.71. The number of non-ortho nitro benzene ring substituents is 1. The third-order valence-electron chi connectivity index (χ3n) is 3.85. The van der Waals surface area contributed by atoms with Crippen molar-refractivity contribution in [3.8, 4) is 23.8 Å². The van der Waals surface area contributed by atoms with E-state index in [9.17, 15) is 18.5 Å². The third-order valence-corrected chi connectivity index (χ3v) is 5.57. The number of unbranched alkanes of at least 4 members (excludes halogenated alkanes) is 1. The number of sulfonamides is 1. The summed E-state index contributed by atoms with van der Waals surface area (Å²) in [6, 6.07) is 15.0. The maximum Gasteiger partial charge on any atom is 0.270 e. The second kappa shape index (κ2) is 9.59. The molecule has 2 aromatic carbocycles. The number of rotatable bonds is 6. The summed E-state index contributed by atoms with van der Waals surface area (Å²) < 4.78 is 26.8. The highest BCUT2D eigenvalue weighted by atomic mass is 32.2. The number of aryl methyl sites for hydroxylation is 1. The Bertz CT molecular complexity index is 1050. The van der Waals surface area contributed by atoms with Gasteiger partial charge in [0.05, 0.1) is 9.82 Å². The lowest BCUT2D eigenvalue weighted by atomic mass is 10.2. The van der Waals surface area contributed by atoms with Gasteiger partial charge in [0.2, 0.25) is 0 Å². The molecule has 2 aromatic rings. The highest BCUT2D eigenvalue weighted by molar-refractivity contribution is 7.89. The molecule has 2 rings (SSSR count). The van der Waals surface area contributed by atoms with Crippen LogP contribution < -0.4 is 0 Å². The van der Waals surface area contributed by atoms with Gasteiger partial charge >= 0.3 is 0 Å². The topological polar surface area (TPSA) is 80.5 Å². The van der Waals surface area contributed by atoms with Crippen LogP contribution in [0, 0.1) is 40.8 Å². The Morgan fingerprint density at radius 1 is 1.04 bits per heavy atom. The van der Waals surface area contributed by atoms with E-state index < -0.39 is 14.9 Å². The van der Waals surface area contributed by atoms with Gasteiger partial charge in [-0.3, -0.25) is 10.1 Å². The van der Waals surface area contributed by atoms with Crippen LogP contribution in [0.4, 0.5) is 5.69 Å². The lowest BCUT2D eigenvalue weighted by molar-refractivity contribution is -0.384. The first kappa shape index (κ1) is 21.0. The maximum absolute atomic E-state index is 12.8. The molecular weight excluding hydrogens is 376 g/mol. The number of benzene rings is 2. The molecule has 7 heteroatoms. The van der Waals surface area contributed by atoms with E-state index in [4.69, 9.17) is 0 Å². The van der Waals surface area contributed by atoms with E-state index >= 15 is 0 Å². The Kier molecular flexibility index (Phi) is 7.20. The fourth-order valence-corrected chi connectivity index (χ4v) is 3.51. The van der Waals surface area contributed by atoms with Crippen molar-refractivity contribution in [1.82, 2.24) is 4.31 Å². The van der Waals surface area contributed by atoms with Crippen molar-refractivity contribution >= 4 is 15.7 Å². The highest BCUT2D eigenvalue weighted by Gasteiger charge is 2.21. The van der Waals surface area contributed by atoms with Crippen LogP contribution in [-0.4, -0.2) is 24.2 Å². The zero-order valence-electron chi connectivity index (χ0n) is 15.7. The molecule has 6 nitrogen and oxygen atoms in total. The number of hydrogen-bond acceptors (Lipinski definition) is 4. The summed E-state index contributed by atoms with van der Waals surface area (Å²) in [6.45, 7) is 4.14. The molecule has 0 heterocycles. The van der Waals surface area contributed by atoms with E-state index in [0.717, 1.165) is 16.3 Å². The van der Waals surface area contributed by atoms with Crippen molar-refractivity contribution in [3.05, 3.63) is 69.8 Å². The van der Waals surface area contributed by atoms with Gasteiger partial charge in [-0.25, -0.2) is 12.7 Å². The molecular formula is C21H20N2O4S. The van der Waals surface area contributed by atoms with Crippen LogP contribution in [0.5, 0.6) is 0 Å². The van der Waals surface area contributed by atoms with Crippen LogP contribution in [0.1, 0.15) is 30.9 Å². The largest absolute Gasteiger partial charge is 0.270 e. The number of hydrogen-bond donors (Lipinski definition) is 0. The smallest absolute Gasteiger partial charge is 0.258 e. The molecule has 0 amide bonds. The van der Waals surface area contributed by atoms with Crippen LogP contribution in [-0.2, 0) is 10.0 Å². The quantitative estimate of drug-likeness (QED) is 0.323. The first-order valence-electron chi connectivity index (χ1n) is 8.70. The van der Waals surface area contributed by atoms with Gasteiger partial charge in [-0.15, -0.1) is 0 Å². The lowest BCUT2D eigenvalue weighted by Crippen LogP contribution is -2.27. The maximum atomic E-state index is 12.8. The fourth-order valence-electron chi connectivity index (χ4n) is 2.24. The van der Waals surface area contributed by atoms with Gasteiger partial charge < -0.3 is 0 Å². The van der Waals surface area contributed by atoms with Crippen LogP contribution in [0.15, 0.2) is 53.4 Å². The Balaban J connectivity index is 2.24. The summed E-state index contributed by atoms with van der Waals surface area (Å²) in [6.07, 6.45) is 1.51. The summed E-state index contributed by atoms with van der Waals surface area (Å²) in [5.41, 5.74) is 1.51. The molecule has 0 saturated heterocycles. The molecule has 0 aliphatic carbocycles. The molecule has 0 bridgehead atoms. The Labute approximate surface area is 165 Å². The van der Waals surface area contributed by atoms with Crippen molar-refractivity contribution in [3.63, 3.8) is 0 Å². The van der Waals surface area contributed by atoms with Crippen LogP contribution in [0.2, 0.25) is 0 Å². The molecule has 0 atom stereocenters. The van der Waals surface area contributed by atoms with Crippen molar-refractivity contribution in [2.24, 2.45) is 0 Å². The van der Waals surface area contributed by atoms with Crippen LogP contribution >= 0.6 is 0 Å². The molecule has 0 unspecified atom stereocenters. The van der Waals surface area contributed by atoms with Crippen molar-refractivity contribution in [2.75, 3.05) is 6.54 Å². The molecule has 0 aliphatic rings. The number of nitrogens with zero attached hydrogens (tertiary/aromatic N) is 2. The van der Waals surface area contributed by atoms with Gasteiger partial charge in [-0.1, -0.05) is 37.0 Å². The SMILES string of the molecule is CCCCN(C#CC#Cc1ccc([N+](=O)[O-])cc1)S(=O)(=O)c1ccc(C)cc1. The van der Waals surface area contributed by atoms with Gasteiger partial charge in [-0.2, -0.15) is 0 Å². The second-order valence-corrected chi connectivity index (χ2v) is 7.90. The minimum Gasteiger partial charge on any atom is -0.258 e. The lowest BCUT2D eigenvalue weighted by Gasteiger charge is -2.17. The monoisotopic (exact) mass is 396 g/mol. The number of nitro groups is 1. The fraction of sp³-hybridized carbons (Fsp3) is 0.238. The zero-order chi connectivity index (χ0) is 20.6. The second-order valence-electron chi connectivity index (χ2n) is 6.03. The highest BCUT2D eigenvalue weighted by Crippen LogP contribution is 2.16. The zero-order valence-corrected chi connectivity index (χ0v) is 16.5. The average Bonchev–Trinajstić information content (AvgIpc) is 2.68. The summed E-state index contributed by atoms with van der Waals surface area (Å²) in [4.78, 5) is 10.3. The Morgan fingerprint density at radius 2 is 1.68 bits per heavy atom. The van der Waals surface area contributed by atoms with Gasteiger partial charge in [0.15, 0.2) is 0 Å². The van der Waals surface area contributed by atoms with E-state index in [1.54, 1.807) is 24.3 Å². The van der Waals surface area contributed by atoms with Gasteiger partial charge in [0.1, 0.15) is 0 Å².